The molecule has 0 unspecified atom stereocenters. The molecule has 1 heterocycles. The molecule has 39 heavy (non-hydrogen) atoms. The first-order chi connectivity index (χ1) is 19.4. The minimum atomic E-state index is 1.14. The van der Waals surface area contributed by atoms with E-state index in [9.17, 15) is 0 Å². The molecule has 1 aliphatic heterocycles. The number of hydrogen-bond acceptors (Lipinski definition) is 0. The zero-order valence-corrected chi connectivity index (χ0v) is 26.7. The van der Waals surface area contributed by atoms with Crippen molar-refractivity contribution in [2.75, 3.05) is 0 Å². The predicted octanol–water partition coefficient (Wildman–Crippen LogP) is 13.4. The lowest BCUT2D eigenvalue weighted by molar-refractivity contribution is 0.540. The molecular weight excluding hydrogens is 470 g/mol. The molecule has 0 saturated heterocycles. The molecule has 0 aliphatic carbocycles. The lowest BCUT2D eigenvalue weighted by atomic mass is 10.0. The van der Waals surface area contributed by atoms with Crippen LogP contribution in [0.2, 0.25) is 0 Å². The summed E-state index contributed by atoms with van der Waals surface area (Å²) in [4.78, 5) is 0. The third-order valence-electron chi connectivity index (χ3n) is 8.29. The fraction of sp³-hybridized carbons (Fsp3) is 0.789. The molecule has 1 rings (SSSR count). The standard InChI is InChI=1S/C38H68N/c1-3-5-7-9-11-13-15-17-19-21-23-25-27-29-31-33-37-35-36-39-38(37)34-32-30-28-26-24-22-20-18-16-14-12-10-8-6-4-2/h31-36H,3-30H2,1-2H3/b33-31+,34-32+. The maximum atomic E-state index is 4.57. The Morgan fingerprint density at radius 2 is 0.769 bits per heavy atom. The number of unbranched alkanes of at least 4 members (excludes halogenated alkanes) is 26. The Bertz CT molecular complexity index is 623. The second kappa shape index (κ2) is 29.7. The SMILES string of the molecule is CCCCCCCCCCCCCCC/C=C/C1=C(/C=C/CCCCCCCCCCCCCCC)[N]C=C1. The summed E-state index contributed by atoms with van der Waals surface area (Å²) in [5.41, 5.74) is 2.43. The van der Waals surface area contributed by atoms with E-state index in [-0.39, 0.29) is 0 Å². The summed E-state index contributed by atoms with van der Waals surface area (Å²) in [6.45, 7) is 4.60. The van der Waals surface area contributed by atoms with Gasteiger partial charge >= 0.3 is 0 Å². The minimum absolute atomic E-state index is 1.14. The van der Waals surface area contributed by atoms with Gasteiger partial charge in [0, 0.05) is 11.8 Å². The van der Waals surface area contributed by atoms with Crippen molar-refractivity contribution in [2.24, 2.45) is 0 Å². The zero-order valence-electron chi connectivity index (χ0n) is 26.7. The van der Waals surface area contributed by atoms with Gasteiger partial charge in [0.15, 0.2) is 0 Å². The monoisotopic (exact) mass is 539 g/mol. The Balaban J connectivity index is 1.93. The van der Waals surface area contributed by atoms with E-state index in [1.54, 1.807) is 0 Å². The summed E-state index contributed by atoms with van der Waals surface area (Å²) in [5, 5.41) is 4.57. The summed E-state index contributed by atoms with van der Waals surface area (Å²) in [7, 11) is 0. The van der Waals surface area contributed by atoms with Crippen LogP contribution in [0.25, 0.3) is 0 Å². The van der Waals surface area contributed by atoms with E-state index in [0.717, 1.165) is 5.70 Å². The molecule has 1 nitrogen and oxygen atoms in total. The van der Waals surface area contributed by atoms with E-state index in [0.29, 0.717) is 0 Å². The number of allylic oxidation sites excluding steroid dienone is 6. The second-order valence-electron chi connectivity index (χ2n) is 12.2. The van der Waals surface area contributed by atoms with Gasteiger partial charge in [0.2, 0.25) is 0 Å². The van der Waals surface area contributed by atoms with Crippen LogP contribution >= 0.6 is 0 Å². The van der Waals surface area contributed by atoms with Crippen molar-refractivity contribution in [3.63, 3.8) is 0 Å². The molecule has 1 radical (unpaired) electrons. The third-order valence-corrected chi connectivity index (χ3v) is 8.29. The Hall–Kier alpha value is -1.24. The van der Waals surface area contributed by atoms with E-state index in [2.05, 4.69) is 49.5 Å². The fourth-order valence-electron chi connectivity index (χ4n) is 5.60. The van der Waals surface area contributed by atoms with Crippen LogP contribution in [-0.4, -0.2) is 0 Å². The lowest BCUT2D eigenvalue weighted by Gasteiger charge is -2.03. The van der Waals surface area contributed by atoms with Crippen LogP contribution in [0.4, 0.5) is 0 Å². The van der Waals surface area contributed by atoms with E-state index < -0.39 is 0 Å². The van der Waals surface area contributed by atoms with Gasteiger partial charge < -0.3 is 0 Å². The van der Waals surface area contributed by atoms with Gasteiger partial charge in [-0.15, -0.1) is 0 Å². The molecule has 1 aliphatic rings. The van der Waals surface area contributed by atoms with E-state index in [1.807, 2.05) is 6.20 Å². The minimum Gasteiger partial charge on any atom is -0.256 e. The van der Waals surface area contributed by atoms with Gasteiger partial charge in [-0.25, -0.2) is 0 Å². The van der Waals surface area contributed by atoms with Crippen molar-refractivity contribution >= 4 is 0 Å². The van der Waals surface area contributed by atoms with Crippen LogP contribution < -0.4 is 5.32 Å². The molecule has 0 atom stereocenters. The molecule has 0 spiro atoms. The van der Waals surface area contributed by atoms with Crippen molar-refractivity contribution < 1.29 is 0 Å². The van der Waals surface area contributed by atoms with Crippen LogP contribution in [0.3, 0.4) is 0 Å². The van der Waals surface area contributed by atoms with E-state index in [4.69, 9.17) is 0 Å². The van der Waals surface area contributed by atoms with Gasteiger partial charge in [-0.2, -0.15) is 0 Å². The molecule has 0 amide bonds. The Morgan fingerprint density at radius 1 is 0.436 bits per heavy atom. The smallest absolute Gasteiger partial charge is 0.0699 e. The lowest BCUT2D eigenvalue weighted by Crippen LogP contribution is -1.89. The van der Waals surface area contributed by atoms with Gasteiger partial charge in [-0.1, -0.05) is 186 Å². The molecular formula is C38H68N. The number of rotatable bonds is 30. The molecule has 0 bridgehead atoms. The largest absolute Gasteiger partial charge is 0.256 e. The highest BCUT2D eigenvalue weighted by atomic mass is 14.9. The maximum Gasteiger partial charge on any atom is 0.0699 e. The molecule has 0 saturated carbocycles. The zero-order chi connectivity index (χ0) is 27.9. The Labute approximate surface area is 246 Å². The molecule has 1 heteroatoms. The molecule has 0 N–H and O–H groups in total. The summed E-state index contributed by atoms with van der Waals surface area (Å²) >= 11 is 0. The van der Waals surface area contributed by atoms with Crippen molar-refractivity contribution in [1.29, 1.82) is 0 Å². The summed E-state index contributed by atoms with van der Waals surface area (Å²) in [6.07, 6.45) is 52.7. The first-order valence-electron chi connectivity index (χ1n) is 17.8. The molecule has 0 aromatic heterocycles. The summed E-state index contributed by atoms with van der Waals surface area (Å²) in [6, 6.07) is 0. The number of nitrogens with zero attached hydrogens (tertiary/aromatic N) is 1. The summed E-state index contributed by atoms with van der Waals surface area (Å²) < 4.78 is 0. The van der Waals surface area contributed by atoms with Crippen LogP contribution in [0, 0.1) is 0 Å². The molecule has 0 fully saturated rings. The van der Waals surface area contributed by atoms with Crippen LogP contribution in [-0.2, 0) is 0 Å². The van der Waals surface area contributed by atoms with Gasteiger partial charge in [0.25, 0.3) is 0 Å². The predicted molar refractivity (Wildman–Crippen MR) is 177 cm³/mol. The molecule has 225 valence electrons. The van der Waals surface area contributed by atoms with Gasteiger partial charge in [0.05, 0.1) is 5.70 Å². The van der Waals surface area contributed by atoms with Crippen LogP contribution in [0.5, 0.6) is 0 Å². The van der Waals surface area contributed by atoms with Crippen molar-refractivity contribution in [3.05, 3.63) is 47.9 Å². The number of hydrogen-bond donors (Lipinski definition) is 0. The van der Waals surface area contributed by atoms with Crippen molar-refractivity contribution in [2.45, 2.75) is 194 Å². The van der Waals surface area contributed by atoms with Crippen LogP contribution in [0.1, 0.15) is 194 Å². The van der Waals surface area contributed by atoms with Crippen molar-refractivity contribution in [1.82, 2.24) is 5.32 Å². The second-order valence-corrected chi connectivity index (χ2v) is 12.2. The average molecular weight is 539 g/mol. The fourth-order valence-corrected chi connectivity index (χ4v) is 5.60. The van der Waals surface area contributed by atoms with Gasteiger partial charge in [-0.3, -0.25) is 5.32 Å². The highest BCUT2D eigenvalue weighted by Gasteiger charge is 2.04. The van der Waals surface area contributed by atoms with Crippen LogP contribution in [0.15, 0.2) is 47.9 Å². The maximum absolute atomic E-state index is 4.57. The Kier molecular flexibility index (Phi) is 27.3. The van der Waals surface area contributed by atoms with Crippen molar-refractivity contribution in [3.8, 4) is 0 Å². The Morgan fingerprint density at radius 3 is 1.15 bits per heavy atom. The van der Waals surface area contributed by atoms with E-state index in [1.165, 1.54) is 185 Å². The topological polar surface area (TPSA) is 14.1 Å². The first kappa shape index (κ1) is 35.8. The average Bonchev–Trinajstić information content (AvgIpc) is 3.40. The summed E-state index contributed by atoms with van der Waals surface area (Å²) in [5.74, 6) is 0. The third kappa shape index (κ3) is 24.3. The van der Waals surface area contributed by atoms with Gasteiger partial charge in [-0.05, 0) is 37.8 Å². The quantitative estimate of drug-likeness (QED) is 0.0807. The first-order valence-corrected chi connectivity index (χ1v) is 17.8. The van der Waals surface area contributed by atoms with E-state index >= 15 is 0 Å². The van der Waals surface area contributed by atoms with Gasteiger partial charge in [0.1, 0.15) is 0 Å². The normalized spacial score (nSPS) is 13.5. The highest BCUT2D eigenvalue weighted by Crippen LogP contribution is 2.18. The molecule has 0 aromatic carbocycles. The molecule has 0 aromatic rings. The highest BCUT2D eigenvalue weighted by molar-refractivity contribution is 5.44.